The van der Waals surface area contributed by atoms with Crippen molar-refractivity contribution in [2.45, 2.75) is 44.4 Å². The van der Waals surface area contributed by atoms with E-state index in [1.165, 1.54) is 69.1 Å². The van der Waals surface area contributed by atoms with E-state index in [9.17, 15) is 8.42 Å². The van der Waals surface area contributed by atoms with Gasteiger partial charge in [0.1, 0.15) is 0 Å². The van der Waals surface area contributed by atoms with Gasteiger partial charge >= 0.3 is 0 Å². The van der Waals surface area contributed by atoms with Gasteiger partial charge in [-0.05, 0) is 68.2 Å². The molecule has 2 aliphatic carbocycles. The molecular formula is C23H32N2O2S. The molecule has 1 aromatic rings. The lowest BCUT2D eigenvalue weighted by Crippen LogP contribution is -2.30. The number of piperidine rings is 1. The van der Waals surface area contributed by atoms with E-state index in [1.807, 2.05) is 18.2 Å². The van der Waals surface area contributed by atoms with Crippen molar-refractivity contribution in [1.82, 2.24) is 4.90 Å². The quantitative estimate of drug-likeness (QED) is 0.661. The van der Waals surface area contributed by atoms with Crippen LogP contribution in [0.2, 0.25) is 0 Å². The zero-order chi connectivity index (χ0) is 19.8. The van der Waals surface area contributed by atoms with Crippen LogP contribution >= 0.6 is 0 Å². The molecule has 0 aromatic heterocycles. The maximum Gasteiger partial charge on any atom is 0.229 e. The summed E-state index contributed by atoms with van der Waals surface area (Å²) in [5, 5.41) is 0. The average Bonchev–Trinajstić information content (AvgIpc) is 3.01. The standard InChI is InChI=1S/C23H32N2O2S/c1-23(19-12-8-13-20(15-19)24-28(2,26)27)21-16-25(17-22(21)23)14-7-6-11-18-9-4-3-5-10-18/h4,8-10,12-13,15,21-22,24H,3,5-7,11,14,16-17H2,1-2H3. The fourth-order valence-corrected chi connectivity index (χ4v) is 5.78. The molecule has 0 amide bonds. The van der Waals surface area contributed by atoms with Gasteiger partial charge in [-0.3, -0.25) is 4.72 Å². The number of benzene rings is 1. The summed E-state index contributed by atoms with van der Waals surface area (Å²) in [5.41, 5.74) is 3.66. The van der Waals surface area contributed by atoms with Crippen LogP contribution in [0.3, 0.4) is 0 Å². The number of sulfonamides is 1. The van der Waals surface area contributed by atoms with E-state index in [1.54, 1.807) is 0 Å². The van der Waals surface area contributed by atoms with Crippen molar-refractivity contribution in [1.29, 1.82) is 0 Å². The third kappa shape index (κ3) is 4.20. The summed E-state index contributed by atoms with van der Waals surface area (Å²) in [6.45, 7) is 5.90. The number of likely N-dealkylation sites (tertiary alicyclic amines) is 1. The highest BCUT2D eigenvalue weighted by molar-refractivity contribution is 7.92. The van der Waals surface area contributed by atoms with E-state index in [4.69, 9.17) is 0 Å². The maximum absolute atomic E-state index is 11.5. The predicted octanol–water partition coefficient (Wildman–Crippen LogP) is 4.32. The molecule has 1 aromatic carbocycles. The molecule has 1 saturated heterocycles. The number of nitrogens with zero attached hydrogens (tertiary/aromatic N) is 1. The highest BCUT2D eigenvalue weighted by Crippen LogP contribution is 2.63. The van der Waals surface area contributed by atoms with E-state index in [2.05, 4.69) is 40.8 Å². The second-order valence-corrected chi connectivity index (χ2v) is 10.7. The first kappa shape index (κ1) is 19.7. The van der Waals surface area contributed by atoms with Gasteiger partial charge < -0.3 is 4.90 Å². The molecule has 1 saturated carbocycles. The summed E-state index contributed by atoms with van der Waals surface area (Å²) in [6, 6.07) is 7.97. The second-order valence-electron chi connectivity index (χ2n) is 8.93. The van der Waals surface area contributed by atoms with Crippen LogP contribution in [0.15, 0.2) is 48.1 Å². The minimum atomic E-state index is -3.23. The molecule has 1 N–H and O–H groups in total. The SMILES string of the molecule is CC1(c2cccc(NS(C)(=O)=O)c2)C2CN(CCCCC3=CCCC=C3)CC21. The van der Waals surface area contributed by atoms with Gasteiger partial charge in [0.2, 0.25) is 10.0 Å². The molecule has 3 aliphatic rings. The molecule has 2 atom stereocenters. The van der Waals surface area contributed by atoms with Crippen LogP contribution in [0.25, 0.3) is 0 Å². The summed E-state index contributed by atoms with van der Waals surface area (Å²) in [7, 11) is -3.23. The number of allylic oxidation sites excluding steroid dienone is 4. The minimum absolute atomic E-state index is 0.198. The van der Waals surface area contributed by atoms with Crippen molar-refractivity contribution in [3.8, 4) is 0 Å². The van der Waals surface area contributed by atoms with Crippen LogP contribution in [-0.2, 0) is 15.4 Å². The molecule has 0 radical (unpaired) electrons. The fraction of sp³-hybridized carbons (Fsp3) is 0.565. The third-order valence-corrected chi connectivity index (χ3v) is 7.48. The summed E-state index contributed by atoms with van der Waals surface area (Å²) in [4.78, 5) is 2.63. The monoisotopic (exact) mass is 400 g/mol. The normalized spacial score (nSPS) is 29.4. The number of unbranched alkanes of at least 4 members (excludes halogenated alkanes) is 1. The van der Waals surface area contributed by atoms with Gasteiger partial charge in [-0.2, -0.15) is 0 Å². The van der Waals surface area contributed by atoms with Crippen LogP contribution in [0.5, 0.6) is 0 Å². The Kier molecular flexibility index (Phi) is 5.41. The number of hydrogen-bond donors (Lipinski definition) is 1. The first-order chi connectivity index (χ1) is 13.4. The van der Waals surface area contributed by atoms with Gasteiger partial charge in [0.25, 0.3) is 0 Å². The number of fused-ring (bicyclic) bond motifs is 1. The summed E-state index contributed by atoms with van der Waals surface area (Å²) >= 11 is 0. The number of nitrogens with one attached hydrogen (secondary N) is 1. The highest BCUT2D eigenvalue weighted by atomic mass is 32.2. The lowest BCUT2D eigenvalue weighted by Gasteiger charge is -2.25. The molecule has 4 rings (SSSR count). The van der Waals surface area contributed by atoms with Gasteiger partial charge in [-0.15, -0.1) is 0 Å². The van der Waals surface area contributed by atoms with Gasteiger partial charge in [-0.1, -0.05) is 42.9 Å². The minimum Gasteiger partial charge on any atom is -0.303 e. The summed E-state index contributed by atoms with van der Waals surface area (Å²) in [6.07, 6.45) is 14.4. The molecule has 2 fully saturated rings. The Labute approximate surface area is 169 Å². The molecule has 28 heavy (non-hydrogen) atoms. The Balaban J connectivity index is 1.26. The second kappa shape index (κ2) is 7.68. The van der Waals surface area contributed by atoms with Gasteiger partial charge in [0, 0.05) is 24.2 Å². The van der Waals surface area contributed by atoms with E-state index >= 15 is 0 Å². The van der Waals surface area contributed by atoms with E-state index in [0.29, 0.717) is 17.5 Å². The maximum atomic E-state index is 11.5. The highest BCUT2D eigenvalue weighted by Gasteiger charge is 2.65. The number of anilines is 1. The predicted molar refractivity (Wildman–Crippen MR) is 116 cm³/mol. The topological polar surface area (TPSA) is 49.4 Å². The number of rotatable bonds is 8. The third-order valence-electron chi connectivity index (χ3n) is 6.88. The molecule has 0 bridgehead atoms. The van der Waals surface area contributed by atoms with Crippen LogP contribution in [-0.4, -0.2) is 39.2 Å². The van der Waals surface area contributed by atoms with Crippen molar-refractivity contribution < 1.29 is 8.42 Å². The summed E-state index contributed by atoms with van der Waals surface area (Å²) in [5.74, 6) is 1.40. The van der Waals surface area contributed by atoms with Crippen LogP contribution in [0.1, 0.15) is 44.6 Å². The molecule has 2 unspecified atom stereocenters. The van der Waals surface area contributed by atoms with Crippen molar-refractivity contribution in [3.63, 3.8) is 0 Å². The Morgan fingerprint density at radius 3 is 2.64 bits per heavy atom. The van der Waals surface area contributed by atoms with Crippen LogP contribution in [0, 0.1) is 11.8 Å². The Hall–Kier alpha value is -1.59. The van der Waals surface area contributed by atoms with E-state index < -0.39 is 10.0 Å². The number of hydrogen-bond acceptors (Lipinski definition) is 3. The van der Waals surface area contributed by atoms with Gasteiger partial charge in [0.05, 0.1) is 6.26 Å². The molecule has 152 valence electrons. The summed E-state index contributed by atoms with van der Waals surface area (Å²) < 4.78 is 25.6. The first-order valence-corrected chi connectivity index (χ1v) is 12.4. The van der Waals surface area contributed by atoms with Crippen LogP contribution in [0.4, 0.5) is 5.69 Å². The van der Waals surface area contributed by atoms with E-state index in [0.717, 1.165) is 0 Å². The smallest absolute Gasteiger partial charge is 0.229 e. The molecule has 1 aliphatic heterocycles. The van der Waals surface area contributed by atoms with Crippen molar-refractivity contribution in [2.75, 3.05) is 30.6 Å². The first-order valence-electron chi connectivity index (χ1n) is 10.5. The lowest BCUT2D eigenvalue weighted by molar-refractivity contribution is 0.272. The molecule has 4 nitrogen and oxygen atoms in total. The molecule has 0 spiro atoms. The Morgan fingerprint density at radius 1 is 1.18 bits per heavy atom. The largest absolute Gasteiger partial charge is 0.303 e. The Morgan fingerprint density at radius 2 is 1.96 bits per heavy atom. The Bertz CT molecular complexity index is 876. The van der Waals surface area contributed by atoms with E-state index in [-0.39, 0.29) is 5.41 Å². The van der Waals surface area contributed by atoms with Crippen molar-refractivity contribution in [3.05, 3.63) is 53.6 Å². The zero-order valence-corrected chi connectivity index (χ0v) is 17.8. The average molecular weight is 401 g/mol. The fourth-order valence-electron chi connectivity index (χ4n) is 5.22. The zero-order valence-electron chi connectivity index (χ0n) is 17.0. The molecule has 1 heterocycles. The van der Waals surface area contributed by atoms with Gasteiger partial charge in [-0.25, -0.2) is 8.42 Å². The van der Waals surface area contributed by atoms with Crippen molar-refractivity contribution >= 4 is 15.7 Å². The van der Waals surface area contributed by atoms with Crippen LogP contribution < -0.4 is 4.72 Å². The molecular weight excluding hydrogens is 368 g/mol. The van der Waals surface area contributed by atoms with Gasteiger partial charge in [0.15, 0.2) is 0 Å². The molecule has 5 heteroatoms. The lowest BCUT2D eigenvalue weighted by atomic mass is 9.92. The van der Waals surface area contributed by atoms with Crippen molar-refractivity contribution in [2.24, 2.45) is 11.8 Å².